The van der Waals surface area contributed by atoms with Crippen LogP contribution in [0.15, 0.2) is 0 Å². The van der Waals surface area contributed by atoms with Crippen LogP contribution >= 0.6 is 0 Å². The fourth-order valence-corrected chi connectivity index (χ4v) is 2.75. The first kappa shape index (κ1) is 11.0. The van der Waals surface area contributed by atoms with E-state index in [4.69, 9.17) is 5.73 Å². The van der Waals surface area contributed by atoms with Gasteiger partial charge in [0.2, 0.25) is 0 Å². The molecule has 1 saturated heterocycles. The van der Waals surface area contributed by atoms with Gasteiger partial charge in [0.1, 0.15) is 0 Å². The molecule has 0 saturated carbocycles. The number of piperidine rings is 1. The van der Waals surface area contributed by atoms with Gasteiger partial charge in [-0.05, 0) is 47.1 Å². The van der Waals surface area contributed by atoms with Crippen LogP contribution < -0.4 is 5.73 Å². The highest BCUT2D eigenvalue weighted by atomic mass is 15.3. The minimum Gasteiger partial charge on any atom is -0.326 e. The summed E-state index contributed by atoms with van der Waals surface area (Å²) < 4.78 is 0. The Kier molecular flexibility index (Phi) is 2.50. The first-order valence-electron chi connectivity index (χ1n) is 5.19. The molecule has 1 aliphatic rings. The zero-order chi connectivity index (χ0) is 10.4. The normalized spacial score (nSPS) is 39.0. The lowest BCUT2D eigenvalue weighted by Gasteiger charge is -2.56. The lowest BCUT2D eigenvalue weighted by Crippen LogP contribution is -2.67. The number of likely N-dealkylation sites (N-methyl/N-ethyl adjacent to an activating group) is 1. The van der Waals surface area contributed by atoms with Crippen molar-refractivity contribution in [2.24, 2.45) is 11.7 Å². The molecule has 1 heterocycles. The van der Waals surface area contributed by atoms with Crippen molar-refractivity contribution in [2.75, 3.05) is 7.05 Å². The molecule has 0 aliphatic carbocycles. The lowest BCUT2D eigenvalue weighted by molar-refractivity contribution is -0.0415. The van der Waals surface area contributed by atoms with E-state index in [-0.39, 0.29) is 17.1 Å². The zero-order valence-electron chi connectivity index (χ0n) is 9.89. The maximum Gasteiger partial charge on any atom is 0.0308 e. The molecule has 0 aromatic rings. The molecule has 0 bridgehead atoms. The van der Waals surface area contributed by atoms with Crippen LogP contribution in [0.4, 0.5) is 0 Å². The lowest BCUT2D eigenvalue weighted by atomic mass is 9.71. The summed E-state index contributed by atoms with van der Waals surface area (Å²) in [5.74, 6) is 0.612. The van der Waals surface area contributed by atoms with Gasteiger partial charge in [0, 0.05) is 17.1 Å². The van der Waals surface area contributed by atoms with Gasteiger partial charge < -0.3 is 5.73 Å². The van der Waals surface area contributed by atoms with E-state index in [9.17, 15) is 0 Å². The topological polar surface area (TPSA) is 29.3 Å². The molecule has 1 aliphatic heterocycles. The van der Waals surface area contributed by atoms with Crippen LogP contribution in [0.5, 0.6) is 0 Å². The molecule has 2 heteroatoms. The highest BCUT2D eigenvalue weighted by molar-refractivity contribution is 5.04. The molecule has 0 aromatic carbocycles. The standard InChI is InChI=1S/C11H24N2/c1-8-7-10(2,3)13(6)11(4,5)9(8)12/h8-9H,7,12H2,1-6H3. The number of nitrogens with zero attached hydrogens (tertiary/aromatic N) is 1. The summed E-state index contributed by atoms with van der Waals surface area (Å²) in [6, 6.07) is 0.283. The highest BCUT2D eigenvalue weighted by Gasteiger charge is 2.46. The Labute approximate surface area is 82.5 Å². The smallest absolute Gasteiger partial charge is 0.0308 e. The molecule has 0 spiro atoms. The number of hydrogen-bond acceptors (Lipinski definition) is 2. The van der Waals surface area contributed by atoms with Gasteiger partial charge in [0.25, 0.3) is 0 Å². The summed E-state index contributed by atoms with van der Waals surface area (Å²) in [5, 5.41) is 0. The van der Waals surface area contributed by atoms with Crippen molar-refractivity contribution in [1.82, 2.24) is 4.90 Å². The van der Waals surface area contributed by atoms with Crippen molar-refractivity contribution in [3.63, 3.8) is 0 Å². The van der Waals surface area contributed by atoms with E-state index in [2.05, 4.69) is 46.6 Å². The number of likely N-dealkylation sites (tertiary alicyclic amines) is 1. The van der Waals surface area contributed by atoms with Crippen LogP contribution in [-0.2, 0) is 0 Å². The fourth-order valence-electron chi connectivity index (χ4n) is 2.75. The Bertz CT molecular complexity index is 196. The van der Waals surface area contributed by atoms with Gasteiger partial charge in [-0.25, -0.2) is 0 Å². The average molecular weight is 184 g/mol. The summed E-state index contributed by atoms with van der Waals surface area (Å²) >= 11 is 0. The fraction of sp³-hybridized carbons (Fsp3) is 1.00. The van der Waals surface area contributed by atoms with E-state index in [1.807, 2.05) is 0 Å². The minimum absolute atomic E-state index is 0.112. The van der Waals surface area contributed by atoms with Crippen molar-refractivity contribution in [3.8, 4) is 0 Å². The van der Waals surface area contributed by atoms with Crippen molar-refractivity contribution in [3.05, 3.63) is 0 Å². The van der Waals surface area contributed by atoms with Crippen LogP contribution in [0.25, 0.3) is 0 Å². The molecule has 2 unspecified atom stereocenters. The molecular formula is C11H24N2. The Morgan fingerprint density at radius 2 is 1.69 bits per heavy atom. The maximum absolute atomic E-state index is 6.23. The van der Waals surface area contributed by atoms with Crippen molar-refractivity contribution < 1.29 is 0 Å². The molecule has 2 nitrogen and oxygen atoms in total. The van der Waals surface area contributed by atoms with E-state index in [1.165, 1.54) is 6.42 Å². The molecular weight excluding hydrogens is 160 g/mol. The Morgan fingerprint density at radius 3 is 2.15 bits per heavy atom. The zero-order valence-corrected chi connectivity index (χ0v) is 9.89. The van der Waals surface area contributed by atoms with Gasteiger partial charge in [-0.1, -0.05) is 6.92 Å². The van der Waals surface area contributed by atoms with Crippen molar-refractivity contribution >= 4 is 0 Å². The quantitative estimate of drug-likeness (QED) is 0.622. The summed E-state index contributed by atoms with van der Waals surface area (Å²) in [6.45, 7) is 11.4. The van der Waals surface area contributed by atoms with E-state index in [0.717, 1.165) is 0 Å². The van der Waals surface area contributed by atoms with Crippen LogP contribution in [-0.4, -0.2) is 29.1 Å². The predicted octanol–water partition coefficient (Wildman–Crippen LogP) is 1.84. The van der Waals surface area contributed by atoms with Gasteiger partial charge in [-0.2, -0.15) is 0 Å². The largest absolute Gasteiger partial charge is 0.326 e. The molecule has 13 heavy (non-hydrogen) atoms. The van der Waals surface area contributed by atoms with Crippen LogP contribution in [0.3, 0.4) is 0 Å². The number of nitrogens with two attached hydrogens (primary N) is 1. The van der Waals surface area contributed by atoms with E-state index >= 15 is 0 Å². The van der Waals surface area contributed by atoms with Crippen LogP contribution in [0.1, 0.15) is 41.0 Å². The van der Waals surface area contributed by atoms with Crippen LogP contribution in [0.2, 0.25) is 0 Å². The molecule has 0 amide bonds. The molecule has 1 rings (SSSR count). The van der Waals surface area contributed by atoms with Gasteiger partial charge in [0.05, 0.1) is 0 Å². The first-order valence-corrected chi connectivity index (χ1v) is 5.19. The third kappa shape index (κ3) is 1.62. The molecule has 2 atom stereocenters. The minimum atomic E-state index is 0.112. The van der Waals surface area contributed by atoms with E-state index in [0.29, 0.717) is 5.92 Å². The molecule has 2 N–H and O–H groups in total. The average Bonchev–Trinajstić information content (AvgIpc) is 1.98. The Hall–Kier alpha value is -0.0800. The second kappa shape index (κ2) is 2.96. The first-order chi connectivity index (χ1) is 5.69. The SMILES string of the molecule is CC1CC(C)(C)N(C)C(C)(C)C1N. The summed E-state index contributed by atoms with van der Waals surface area (Å²) in [7, 11) is 2.19. The highest BCUT2D eigenvalue weighted by Crippen LogP contribution is 2.38. The Balaban J connectivity index is 2.96. The second-order valence-corrected chi connectivity index (χ2v) is 5.73. The second-order valence-electron chi connectivity index (χ2n) is 5.73. The van der Waals surface area contributed by atoms with Gasteiger partial charge in [-0.3, -0.25) is 4.90 Å². The van der Waals surface area contributed by atoms with Crippen LogP contribution in [0, 0.1) is 5.92 Å². The maximum atomic E-state index is 6.23. The van der Waals surface area contributed by atoms with E-state index in [1.54, 1.807) is 0 Å². The van der Waals surface area contributed by atoms with Crippen molar-refractivity contribution in [1.29, 1.82) is 0 Å². The summed E-state index contributed by atoms with van der Waals surface area (Å²) in [5.41, 5.74) is 6.61. The number of hydrogen-bond donors (Lipinski definition) is 1. The summed E-state index contributed by atoms with van der Waals surface area (Å²) in [4.78, 5) is 2.42. The summed E-state index contributed by atoms with van der Waals surface area (Å²) in [6.07, 6.45) is 1.19. The molecule has 0 aromatic heterocycles. The van der Waals surface area contributed by atoms with E-state index < -0.39 is 0 Å². The van der Waals surface area contributed by atoms with Gasteiger partial charge in [0.15, 0.2) is 0 Å². The Morgan fingerprint density at radius 1 is 1.23 bits per heavy atom. The molecule has 1 fully saturated rings. The monoisotopic (exact) mass is 184 g/mol. The third-order valence-electron chi connectivity index (χ3n) is 4.02. The molecule has 78 valence electrons. The van der Waals surface area contributed by atoms with Crippen molar-refractivity contribution in [2.45, 2.75) is 58.2 Å². The van der Waals surface area contributed by atoms with Gasteiger partial charge in [-0.15, -0.1) is 0 Å². The number of rotatable bonds is 0. The third-order valence-corrected chi connectivity index (χ3v) is 4.02. The molecule has 0 radical (unpaired) electrons. The van der Waals surface area contributed by atoms with Gasteiger partial charge >= 0.3 is 0 Å². The predicted molar refractivity (Wildman–Crippen MR) is 57.7 cm³/mol.